The molecule has 2 aromatic carbocycles. The summed E-state index contributed by atoms with van der Waals surface area (Å²) in [5, 5.41) is 3.38. The van der Waals surface area contributed by atoms with E-state index in [-0.39, 0.29) is 11.2 Å². The molecule has 0 aliphatic carbocycles. The molecule has 1 aromatic heterocycles. The number of hydrogen-bond acceptors (Lipinski definition) is 4. The number of hydrogen-bond donors (Lipinski definition) is 1. The summed E-state index contributed by atoms with van der Waals surface area (Å²) in [6.45, 7) is 2.30. The molecule has 0 saturated carbocycles. The molecule has 0 aliphatic heterocycles. The topological polar surface area (TPSA) is 55.1 Å². The first-order valence-electron chi connectivity index (χ1n) is 8.26. The molecule has 1 heterocycles. The summed E-state index contributed by atoms with van der Waals surface area (Å²) in [6.07, 6.45) is 1.64. The fourth-order valence-electron chi connectivity index (χ4n) is 2.34. The van der Waals surface area contributed by atoms with Crippen LogP contribution >= 0.6 is 23.4 Å². The zero-order valence-corrected chi connectivity index (χ0v) is 15.9. The highest BCUT2D eigenvalue weighted by Gasteiger charge is 2.15. The monoisotopic (exact) mass is 386 g/mol. The average Bonchev–Trinajstić information content (AvgIpc) is 3.15. The molecule has 0 aliphatic rings. The summed E-state index contributed by atoms with van der Waals surface area (Å²) in [5.74, 6) is 1.18. The number of thioether (sulfide) groups is 1. The van der Waals surface area contributed by atoms with Gasteiger partial charge < -0.3 is 9.73 Å². The van der Waals surface area contributed by atoms with Gasteiger partial charge in [0.05, 0.1) is 10.9 Å². The average molecular weight is 387 g/mol. The Kier molecular flexibility index (Phi) is 6.36. The van der Waals surface area contributed by atoms with Gasteiger partial charge in [-0.3, -0.25) is 4.79 Å². The van der Waals surface area contributed by atoms with Crippen LogP contribution < -0.4 is 5.32 Å². The van der Waals surface area contributed by atoms with Gasteiger partial charge in [-0.1, -0.05) is 48.0 Å². The molecule has 1 atom stereocenters. The van der Waals surface area contributed by atoms with Gasteiger partial charge in [0, 0.05) is 22.9 Å². The number of nitrogens with zero attached hydrogens (tertiary/aromatic N) is 1. The van der Waals surface area contributed by atoms with Crippen LogP contribution in [0.15, 0.2) is 65.3 Å². The summed E-state index contributed by atoms with van der Waals surface area (Å²) < 4.78 is 5.52. The Balaban J connectivity index is 1.49. The minimum absolute atomic E-state index is 0.0262. The number of nitrogens with one attached hydrogen (secondary N) is 1. The maximum Gasteiger partial charge on any atom is 0.233 e. The molecule has 0 fully saturated rings. The van der Waals surface area contributed by atoms with Crippen LogP contribution in [0.4, 0.5) is 0 Å². The number of halogens is 1. The van der Waals surface area contributed by atoms with Crippen LogP contribution in [-0.4, -0.2) is 16.1 Å². The van der Waals surface area contributed by atoms with Crippen LogP contribution in [0.25, 0.3) is 11.5 Å². The zero-order valence-electron chi connectivity index (χ0n) is 14.3. The third-order valence-electron chi connectivity index (χ3n) is 3.83. The highest BCUT2D eigenvalue weighted by Crippen LogP contribution is 2.22. The first-order valence-corrected chi connectivity index (χ1v) is 9.68. The molecule has 26 heavy (non-hydrogen) atoms. The van der Waals surface area contributed by atoms with Gasteiger partial charge >= 0.3 is 0 Å². The normalized spacial score (nSPS) is 11.9. The lowest BCUT2D eigenvalue weighted by Gasteiger charge is -2.12. The summed E-state index contributed by atoms with van der Waals surface area (Å²) in [4.78, 5) is 16.7. The quantitative estimate of drug-likeness (QED) is 0.625. The van der Waals surface area contributed by atoms with E-state index in [1.165, 1.54) is 11.8 Å². The van der Waals surface area contributed by atoms with Gasteiger partial charge in [0.2, 0.25) is 11.8 Å². The predicted molar refractivity (Wildman–Crippen MR) is 106 cm³/mol. The second kappa shape index (κ2) is 8.92. The zero-order chi connectivity index (χ0) is 18.4. The second-order valence-electron chi connectivity index (χ2n) is 5.77. The Hall–Kier alpha value is -2.24. The predicted octanol–water partition coefficient (Wildman–Crippen LogP) is 4.93. The van der Waals surface area contributed by atoms with Gasteiger partial charge in [0.15, 0.2) is 0 Å². The molecule has 3 aromatic rings. The number of amides is 1. The fraction of sp³-hybridized carbons (Fsp3) is 0.200. The molecule has 4 nitrogen and oxygen atoms in total. The summed E-state index contributed by atoms with van der Waals surface area (Å²) in [7, 11) is 0. The van der Waals surface area contributed by atoms with Gasteiger partial charge in [0.1, 0.15) is 6.26 Å². The van der Waals surface area contributed by atoms with Crippen LogP contribution in [0.5, 0.6) is 0 Å². The van der Waals surface area contributed by atoms with Crippen LogP contribution in [0, 0.1) is 0 Å². The number of oxazole rings is 1. The smallest absolute Gasteiger partial charge is 0.233 e. The van der Waals surface area contributed by atoms with E-state index in [4.69, 9.17) is 16.0 Å². The van der Waals surface area contributed by atoms with Gasteiger partial charge in [-0.25, -0.2) is 4.98 Å². The Morgan fingerprint density at radius 3 is 2.69 bits per heavy atom. The number of rotatable bonds is 7. The first-order chi connectivity index (χ1) is 12.6. The van der Waals surface area contributed by atoms with E-state index in [2.05, 4.69) is 10.3 Å². The van der Waals surface area contributed by atoms with Crippen molar-refractivity contribution in [1.82, 2.24) is 10.3 Å². The van der Waals surface area contributed by atoms with Crippen LogP contribution in [0.1, 0.15) is 18.2 Å². The Morgan fingerprint density at radius 2 is 1.92 bits per heavy atom. The highest BCUT2D eigenvalue weighted by atomic mass is 35.5. The Labute approximate surface area is 162 Å². The van der Waals surface area contributed by atoms with Crippen molar-refractivity contribution in [1.29, 1.82) is 0 Å². The van der Waals surface area contributed by atoms with Crippen molar-refractivity contribution in [2.24, 2.45) is 0 Å². The number of benzene rings is 2. The summed E-state index contributed by atoms with van der Waals surface area (Å²) in [5.41, 5.74) is 2.66. The van der Waals surface area contributed by atoms with E-state index in [0.29, 0.717) is 23.2 Å². The molecule has 1 amide bonds. The molecule has 0 saturated heterocycles. The van der Waals surface area contributed by atoms with Crippen molar-refractivity contribution < 1.29 is 9.21 Å². The number of aromatic nitrogens is 1. The van der Waals surface area contributed by atoms with E-state index < -0.39 is 0 Å². The van der Waals surface area contributed by atoms with Crippen molar-refractivity contribution in [3.63, 3.8) is 0 Å². The third-order valence-corrected chi connectivity index (χ3v) is 5.38. The Morgan fingerprint density at radius 1 is 1.19 bits per heavy atom. The maximum atomic E-state index is 12.3. The molecular formula is C20H19ClN2O2S. The molecule has 6 heteroatoms. The molecule has 0 bridgehead atoms. The molecule has 1 unspecified atom stereocenters. The highest BCUT2D eigenvalue weighted by molar-refractivity contribution is 7.99. The van der Waals surface area contributed by atoms with Crippen molar-refractivity contribution in [3.05, 3.63) is 77.1 Å². The fourth-order valence-corrected chi connectivity index (χ4v) is 3.33. The summed E-state index contributed by atoms with van der Waals surface area (Å²) in [6, 6.07) is 17.2. The third kappa shape index (κ3) is 4.90. The molecule has 0 spiro atoms. The van der Waals surface area contributed by atoms with Gasteiger partial charge in [0.25, 0.3) is 0 Å². The van der Waals surface area contributed by atoms with E-state index >= 15 is 0 Å². The minimum Gasteiger partial charge on any atom is -0.444 e. The Bertz CT molecular complexity index is 867. The number of carbonyl (C=O) groups excluding carboxylic acids is 1. The van der Waals surface area contributed by atoms with Gasteiger partial charge in [-0.2, -0.15) is 0 Å². The minimum atomic E-state index is -0.200. The lowest BCUT2D eigenvalue weighted by molar-refractivity contribution is -0.120. The standard InChI is InChI=1S/C20H19ClN2O2S/c1-14(19(24)22-11-16-9-5-6-10-18(16)21)26-13-17-12-25-20(23-17)15-7-3-2-4-8-15/h2-10,12,14H,11,13H2,1H3,(H,22,24). The van der Waals surface area contributed by atoms with Crippen molar-refractivity contribution in [3.8, 4) is 11.5 Å². The molecule has 0 radical (unpaired) electrons. The lowest BCUT2D eigenvalue weighted by atomic mass is 10.2. The van der Waals surface area contributed by atoms with Crippen molar-refractivity contribution in [2.75, 3.05) is 0 Å². The number of carbonyl (C=O) groups is 1. The van der Waals surface area contributed by atoms with Crippen LogP contribution in [-0.2, 0) is 17.1 Å². The SMILES string of the molecule is CC(SCc1coc(-c2ccccc2)n1)C(=O)NCc1ccccc1Cl. The molecule has 134 valence electrons. The molecular weight excluding hydrogens is 368 g/mol. The van der Waals surface area contributed by atoms with Gasteiger partial charge in [-0.05, 0) is 30.7 Å². The maximum absolute atomic E-state index is 12.3. The molecule has 1 N–H and O–H groups in total. The van der Waals surface area contributed by atoms with Crippen LogP contribution in [0.3, 0.4) is 0 Å². The lowest BCUT2D eigenvalue weighted by Crippen LogP contribution is -2.30. The van der Waals surface area contributed by atoms with E-state index in [1.807, 2.05) is 61.5 Å². The summed E-state index contributed by atoms with van der Waals surface area (Å²) >= 11 is 7.62. The molecule has 3 rings (SSSR count). The second-order valence-corrected chi connectivity index (χ2v) is 7.51. The van der Waals surface area contributed by atoms with Crippen molar-refractivity contribution >= 4 is 29.3 Å². The largest absolute Gasteiger partial charge is 0.444 e. The van der Waals surface area contributed by atoms with E-state index in [0.717, 1.165) is 16.8 Å². The first kappa shape index (κ1) is 18.5. The van der Waals surface area contributed by atoms with Crippen molar-refractivity contribution in [2.45, 2.75) is 24.5 Å². The van der Waals surface area contributed by atoms with E-state index in [1.54, 1.807) is 6.26 Å². The van der Waals surface area contributed by atoms with E-state index in [9.17, 15) is 4.79 Å². The van der Waals surface area contributed by atoms with Crippen LogP contribution in [0.2, 0.25) is 5.02 Å². The van der Waals surface area contributed by atoms with Gasteiger partial charge in [-0.15, -0.1) is 11.8 Å².